The molecule has 0 saturated heterocycles. The SMILES string of the molecule is COc1ccc(CN[C@H]2CCCC[C@@H]2O)c(OC)c1. The molecule has 2 rings (SSSR count). The first-order valence-corrected chi connectivity index (χ1v) is 6.87. The van der Waals surface area contributed by atoms with Crippen LogP contribution in [0.1, 0.15) is 31.2 Å². The van der Waals surface area contributed by atoms with E-state index in [-0.39, 0.29) is 12.1 Å². The highest BCUT2D eigenvalue weighted by atomic mass is 16.5. The molecule has 2 atom stereocenters. The molecule has 0 heterocycles. The molecule has 4 heteroatoms. The van der Waals surface area contributed by atoms with Crippen LogP contribution in [0.3, 0.4) is 0 Å². The highest BCUT2D eigenvalue weighted by molar-refractivity contribution is 5.40. The third kappa shape index (κ3) is 3.61. The largest absolute Gasteiger partial charge is 0.497 e. The summed E-state index contributed by atoms with van der Waals surface area (Å²) >= 11 is 0. The first kappa shape index (κ1) is 14.2. The minimum Gasteiger partial charge on any atom is -0.497 e. The van der Waals surface area contributed by atoms with Gasteiger partial charge in [-0.25, -0.2) is 0 Å². The molecule has 4 nitrogen and oxygen atoms in total. The molecule has 19 heavy (non-hydrogen) atoms. The van der Waals surface area contributed by atoms with Gasteiger partial charge in [0.25, 0.3) is 0 Å². The molecule has 0 amide bonds. The molecule has 1 aromatic rings. The Hall–Kier alpha value is -1.26. The van der Waals surface area contributed by atoms with Gasteiger partial charge in [-0.3, -0.25) is 0 Å². The van der Waals surface area contributed by atoms with Gasteiger partial charge in [0, 0.05) is 24.2 Å². The summed E-state index contributed by atoms with van der Waals surface area (Å²) in [7, 11) is 3.30. The van der Waals surface area contributed by atoms with Crippen molar-refractivity contribution >= 4 is 0 Å². The molecule has 0 unspecified atom stereocenters. The van der Waals surface area contributed by atoms with Crippen LogP contribution in [0.5, 0.6) is 11.5 Å². The highest BCUT2D eigenvalue weighted by Gasteiger charge is 2.22. The average Bonchev–Trinajstić information content (AvgIpc) is 2.46. The van der Waals surface area contributed by atoms with Gasteiger partial charge in [-0.05, 0) is 18.9 Å². The zero-order valence-corrected chi connectivity index (χ0v) is 11.7. The monoisotopic (exact) mass is 265 g/mol. The lowest BCUT2D eigenvalue weighted by molar-refractivity contribution is 0.0901. The smallest absolute Gasteiger partial charge is 0.127 e. The minimum absolute atomic E-state index is 0.195. The van der Waals surface area contributed by atoms with Crippen LogP contribution in [0.15, 0.2) is 18.2 Å². The fourth-order valence-corrected chi connectivity index (χ4v) is 2.59. The molecule has 1 saturated carbocycles. The molecule has 0 spiro atoms. The van der Waals surface area contributed by atoms with Gasteiger partial charge in [0.2, 0.25) is 0 Å². The van der Waals surface area contributed by atoms with E-state index in [0.29, 0.717) is 6.54 Å². The summed E-state index contributed by atoms with van der Waals surface area (Å²) in [4.78, 5) is 0. The van der Waals surface area contributed by atoms with Crippen molar-refractivity contribution in [1.29, 1.82) is 0 Å². The summed E-state index contributed by atoms with van der Waals surface area (Å²) in [6.45, 7) is 0.703. The lowest BCUT2D eigenvalue weighted by Crippen LogP contribution is -2.41. The third-order valence-corrected chi connectivity index (χ3v) is 3.78. The molecule has 0 bridgehead atoms. The molecule has 2 N–H and O–H groups in total. The quantitative estimate of drug-likeness (QED) is 0.856. The number of ether oxygens (including phenoxy) is 2. The summed E-state index contributed by atoms with van der Waals surface area (Å²) in [6.07, 6.45) is 4.04. The van der Waals surface area contributed by atoms with Gasteiger partial charge < -0.3 is 19.9 Å². The molecule has 1 aliphatic rings. The minimum atomic E-state index is -0.224. The van der Waals surface area contributed by atoms with Crippen LogP contribution in [-0.2, 0) is 6.54 Å². The Morgan fingerprint density at radius 1 is 1.21 bits per heavy atom. The number of aliphatic hydroxyl groups excluding tert-OH is 1. The maximum atomic E-state index is 9.94. The Morgan fingerprint density at radius 2 is 2.00 bits per heavy atom. The van der Waals surface area contributed by atoms with Crippen molar-refractivity contribution < 1.29 is 14.6 Å². The normalized spacial score (nSPS) is 23.1. The fourth-order valence-electron chi connectivity index (χ4n) is 2.59. The van der Waals surface area contributed by atoms with E-state index in [1.54, 1.807) is 14.2 Å². The van der Waals surface area contributed by atoms with E-state index < -0.39 is 0 Å². The first-order valence-electron chi connectivity index (χ1n) is 6.87. The number of benzene rings is 1. The molecule has 0 radical (unpaired) electrons. The van der Waals surface area contributed by atoms with Crippen LogP contribution in [-0.4, -0.2) is 31.5 Å². The Labute approximate surface area is 114 Å². The summed E-state index contributed by atoms with van der Waals surface area (Å²) in [5.74, 6) is 1.61. The topological polar surface area (TPSA) is 50.7 Å². The van der Waals surface area contributed by atoms with E-state index in [1.807, 2.05) is 18.2 Å². The number of nitrogens with one attached hydrogen (secondary N) is 1. The molecule has 1 fully saturated rings. The number of aliphatic hydroxyl groups is 1. The van der Waals surface area contributed by atoms with E-state index in [4.69, 9.17) is 9.47 Å². The zero-order chi connectivity index (χ0) is 13.7. The van der Waals surface area contributed by atoms with Crippen LogP contribution in [0, 0.1) is 0 Å². The zero-order valence-electron chi connectivity index (χ0n) is 11.7. The van der Waals surface area contributed by atoms with Crippen LogP contribution in [0.2, 0.25) is 0 Å². The van der Waals surface area contributed by atoms with Gasteiger partial charge in [-0.2, -0.15) is 0 Å². The maximum absolute atomic E-state index is 9.94. The van der Waals surface area contributed by atoms with E-state index in [1.165, 1.54) is 6.42 Å². The highest BCUT2D eigenvalue weighted by Crippen LogP contribution is 2.25. The second kappa shape index (κ2) is 6.78. The van der Waals surface area contributed by atoms with Crippen molar-refractivity contribution in [2.75, 3.05) is 14.2 Å². The van der Waals surface area contributed by atoms with Crippen molar-refractivity contribution in [1.82, 2.24) is 5.32 Å². The molecule has 106 valence electrons. The molecule has 1 aromatic carbocycles. The summed E-state index contributed by atoms with van der Waals surface area (Å²) < 4.78 is 10.6. The summed E-state index contributed by atoms with van der Waals surface area (Å²) in [5, 5.41) is 13.4. The van der Waals surface area contributed by atoms with E-state index >= 15 is 0 Å². The molecular formula is C15H23NO3. The van der Waals surface area contributed by atoms with Gasteiger partial charge in [0.15, 0.2) is 0 Å². The Morgan fingerprint density at radius 3 is 2.68 bits per heavy atom. The van der Waals surface area contributed by atoms with Crippen LogP contribution in [0.25, 0.3) is 0 Å². The Kier molecular flexibility index (Phi) is 5.05. The Bertz CT molecular complexity index is 408. The van der Waals surface area contributed by atoms with Gasteiger partial charge in [-0.15, -0.1) is 0 Å². The van der Waals surface area contributed by atoms with Gasteiger partial charge in [-0.1, -0.05) is 18.9 Å². The van der Waals surface area contributed by atoms with E-state index in [0.717, 1.165) is 36.3 Å². The number of hydrogen-bond acceptors (Lipinski definition) is 4. The lowest BCUT2D eigenvalue weighted by atomic mass is 9.92. The van der Waals surface area contributed by atoms with Crippen molar-refractivity contribution in [2.45, 2.75) is 44.4 Å². The number of hydrogen-bond donors (Lipinski definition) is 2. The van der Waals surface area contributed by atoms with E-state index in [2.05, 4.69) is 5.32 Å². The lowest BCUT2D eigenvalue weighted by Gasteiger charge is -2.28. The molecule has 1 aliphatic carbocycles. The van der Waals surface area contributed by atoms with Crippen molar-refractivity contribution in [2.24, 2.45) is 0 Å². The second-order valence-corrected chi connectivity index (χ2v) is 5.02. The summed E-state index contributed by atoms with van der Waals surface area (Å²) in [6, 6.07) is 6.01. The van der Waals surface area contributed by atoms with Crippen LogP contribution < -0.4 is 14.8 Å². The Balaban J connectivity index is 1.98. The molecule has 0 aliphatic heterocycles. The third-order valence-electron chi connectivity index (χ3n) is 3.78. The van der Waals surface area contributed by atoms with Gasteiger partial charge in [0.05, 0.1) is 20.3 Å². The van der Waals surface area contributed by atoms with Gasteiger partial charge in [0.1, 0.15) is 11.5 Å². The number of methoxy groups -OCH3 is 2. The van der Waals surface area contributed by atoms with Crippen molar-refractivity contribution in [3.8, 4) is 11.5 Å². The summed E-state index contributed by atoms with van der Waals surface area (Å²) in [5.41, 5.74) is 1.08. The molecule has 0 aromatic heterocycles. The van der Waals surface area contributed by atoms with Crippen molar-refractivity contribution in [3.63, 3.8) is 0 Å². The van der Waals surface area contributed by atoms with Crippen molar-refractivity contribution in [3.05, 3.63) is 23.8 Å². The van der Waals surface area contributed by atoms with Crippen LogP contribution in [0.4, 0.5) is 0 Å². The predicted molar refractivity (Wildman–Crippen MR) is 74.6 cm³/mol. The maximum Gasteiger partial charge on any atom is 0.127 e. The number of rotatable bonds is 5. The van der Waals surface area contributed by atoms with Gasteiger partial charge >= 0.3 is 0 Å². The van der Waals surface area contributed by atoms with Crippen LogP contribution >= 0.6 is 0 Å². The molecular weight excluding hydrogens is 242 g/mol. The second-order valence-electron chi connectivity index (χ2n) is 5.02. The predicted octanol–water partition coefficient (Wildman–Crippen LogP) is 2.10. The average molecular weight is 265 g/mol. The standard InChI is InChI=1S/C15H23NO3/c1-18-12-8-7-11(15(9-12)19-2)10-16-13-5-3-4-6-14(13)17/h7-9,13-14,16-17H,3-6,10H2,1-2H3/t13-,14-/m0/s1. The fraction of sp³-hybridized carbons (Fsp3) is 0.600. The first-order chi connectivity index (χ1) is 9.24. The van der Waals surface area contributed by atoms with E-state index in [9.17, 15) is 5.11 Å².